The fraction of sp³-hybridized carbons (Fsp3) is 0.348. The zero-order chi connectivity index (χ0) is 22.5. The number of halogens is 1. The Hall–Kier alpha value is -2.42. The molecule has 4 rings (SSSR count). The molecule has 0 bridgehead atoms. The number of ether oxygens (including phenoxy) is 1. The van der Waals surface area contributed by atoms with E-state index in [4.69, 9.17) is 28.6 Å². The number of hydrogen-bond acceptors (Lipinski definition) is 5. The number of carbonyl (C=O) groups is 1. The molecule has 0 saturated carbocycles. The summed E-state index contributed by atoms with van der Waals surface area (Å²) >= 11 is 13.4. The molecule has 6 nitrogen and oxygen atoms in total. The molecule has 0 radical (unpaired) electrons. The number of thiocarbonyl (C=S) groups is 1. The van der Waals surface area contributed by atoms with Gasteiger partial charge in [0.2, 0.25) is 0 Å². The number of hydrogen-bond donors (Lipinski definition) is 2. The highest BCUT2D eigenvalue weighted by atomic mass is 35.5. The zero-order valence-electron chi connectivity index (χ0n) is 17.8. The van der Waals surface area contributed by atoms with E-state index in [-0.39, 0.29) is 5.97 Å². The van der Waals surface area contributed by atoms with Crippen LogP contribution in [0.5, 0.6) is 0 Å². The van der Waals surface area contributed by atoms with Gasteiger partial charge in [0.1, 0.15) is 5.00 Å². The summed E-state index contributed by atoms with van der Waals surface area (Å²) in [5, 5.41) is 12.6. The fourth-order valence-corrected chi connectivity index (χ4v) is 5.59. The van der Waals surface area contributed by atoms with Gasteiger partial charge in [0, 0.05) is 16.1 Å². The molecule has 1 aliphatic carbocycles. The van der Waals surface area contributed by atoms with Crippen molar-refractivity contribution in [2.45, 2.75) is 45.6 Å². The average Bonchev–Trinajstić information content (AvgIpc) is 3.26. The van der Waals surface area contributed by atoms with Crippen molar-refractivity contribution < 1.29 is 9.53 Å². The van der Waals surface area contributed by atoms with Crippen molar-refractivity contribution in [1.29, 1.82) is 0 Å². The predicted molar refractivity (Wildman–Crippen MR) is 134 cm³/mol. The summed E-state index contributed by atoms with van der Waals surface area (Å²) in [5.41, 5.74) is 3.49. The van der Waals surface area contributed by atoms with Crippen molar-refractivity contribution in [3.8, 4) is 0 Å². The van der Waals surface area contributed by atoms with Crippen LogP contribution in [0, 0.1) is 0 Å². The van der Waals surface area contributed by atoms with Crippen LogP contribution in [0.25, 0.3) is 0 Å². The maximum atomic E-state index is 12.7. The Labute approximate surface area is 201 Å². The van der Waals surface area contributed by atoms with Crippen molar-refractivity contribution in [3.05, 3.63) is 63.2 Å². The number of aromatic nitrogens is 2. The first-order chi connectivity index (χ1) is 15.5. The number of benzene rings is 1. The minimum atomic E-state index is -0.287. The van der Waals surface area contributed by atoms with Crippen molar-refractivity contribution in [3.63, 3.8) is 0 Å². The quantitative estimate of drug-likeness (QED) is 0.256. The minimum Gasteiger partial charge on any atom is -0.462 e. The fourth-order valence-electron chi connectivity index (χ4n) is 3.83. The highest BCUT2D eigenvalue weighted by Crippen LogP contribution is 2.38. The number of nitrogens with one attached hydrogen (secondary N) is 2. The van der Waals surface area contributed by atoms with E-state index in [1.165, 1.54) is 11.3 Å². The zero-order valence-corrected chi connectivity index (χ0v) is 20.2. The summed E-state index contributed by atoms with van der Waals surface area (Å²) in [6, 6.07) is 7.69. The topological polar surface area (TPSA) is 68.2 Å². The largest absolute Gasteiger partial charge is 0.462 e. The first-order valence-electron chi connectivity index (χ1n) is 10.7. The number of carbonyl (C=O) groups excluding carboxylic acids is 1. The molecule has 0 aliphatic heterocycles. The number of fused-ring (bicyclic) bond motifs is 1. The van der Waals surface area contributed by atoms with Crippen molar-refractivity contribution in [2.24, 2.45) is 0 Å². The Kier molecular flexibility index (Phi) is 7.44. The second kappa shape index (κ2) is 10.5. The van der Waals surface area contributed by atoms with Gasteiger partial charge >= 0.3 is 5.97 Å². The normalized spacial score (nSPS) is 13.2. The van der Waals surface area contributed by atoms with Gasteiger partial charge in [-0.25, -0.2) is 4.79 Å². The van der Waals surface area contributed by atoms with E-state index in [9.17, 15) is 4.79 Å². The maximum Gasteiger partial charge on any atom is 0.341 e. The van der Waals surface area contributed by atoms with Gasteiger partial charge in [-0.15, -0.1) is 11.3 Å². The van der Waals surface area contributed by atoms with E-state index in [2.05, 4.69) is 15.7 Å². The lowest BCUT2D eigenvalue weighted by Crippen LogP contribution is -2.20. The lowest BCUT2D eigenvalue weighted by atomic mass is 10.1. The molecule has 168 valence electrons. The molecule has 1 aliphatic rings. The third-order valence-electron chi connectivity index (χ3n) is 5.31. The van der Waals surface area contributed by atoms with Crippen LogP contribution in [0.15, 0.2) is 36.7 Å². The summed E-state index contributed by atoms with van der Waals surface area (Å²) in [5.74, 6) is -0.287. The molecule has 32 heavy (non-hydrogen) atoms. The maximum absolute atomic E-state index is 12.7. The average molecular weight is 489 g/mol. The lowest BCUT2D eigenvalue weighted by molar-refractivity contribution is 0.0527. The van der Waals surface area contributed by atoms with E-state index in [0.717, 1.165) is 47.5 Å². The Bertz CT molecular complexity index is 1130. The highest BCUT2D eigenvalue weighted by molar-refractivity contribution is 7.80. The van der Waals surface area contributed by atoms with Gasteiger partial charge in [0.05, 0.1) is 30.6 Å². The van der Waals surface area contributed by atoms with Crippen molar-refractivity contribution in [2.75, 3.05) is 17.2 Å². The Morgan fingerprint density at radius 1 is 1.25 bits per heavy atom. The van der Waals surface area contributed by atoms with Crippen LogP contribution in [0.1, 0.15) is 52.5 Å². The van der Waals surface area contributed by atoms with Gasteiger partial charge in [-0.3, -0.25) is 4.68 Å². The summed E-state index contributed by atoms with van der Waals surface area (Å²) in [7, 11) is 0. The van der Waals surface area contributed by atoms with Gasteiger partial charge in [0.25, 0.3) is 0 Å². The second-order valence-electron chi connectivity index (χ2n) is 7.59. The molecule has 0 amide bonds. The van der Waals surface area contributed by atoms with Gasteiger partial charge in [-0.2, -0.15) is 5.10 Å². The number of rotatable bonds is 6. The molecule has 3 aromatic rings. The summed E-state index contributed by atoms with van der Waals surface area (Å²) in [6.07, 6.45) is 8.88. The third-order valence-corrected chi connectivity index (χ3v) is 7.09. The molecule has 0 unspecified atom stereocenters. The smallest absolute Gasteiger partial charge is 0.341 e. The van der Waals surface area contributed by atoms with E-state index in [1.54, 1.807) is 22.2 Å². The van der Waals surface area contributed by atoms with Crippen LogP contribution in [0.4, 0.5) is 10.7 Å². The van der Waals surface area contributed by atoms with Crippen LogP contribution in [-0.4, -0.2) is 27.5 Å². The molecule has 9 heteroatoms. The van der Waals surface area contributed by atoms with Crippen LogP contribution >= 0.6 is 35.2 Å². The van der Waals surface area contributed by atoms with Crippen molar-refractivity contribution in [1.82, 2.24) is 9.78 Å². The molecule has 0 saturated heterocycles. The van der Waals surface area contributed by atoms with Gasteiger partial charge < -0.3 is 15.4 Å². The first kappa shape index (κ1) is 22.8. The molecule has 2 N–H and O–H groups in total. The SMILES string of the molecule is CCOC(=O)c1c(NC(=S)Nc2cnn(Cc3ccccc3Cl)c2)sc2c1CCCCC2. The van der Waals surface area contributed by atoms with Crippen LogP contribution < -0.4 is 10.6 Å². The van der Waals surface area contributed by atoms with Gasteiger partial charge in [0.15, 0.2) is 5.11 Å². The van der Waals surface area contributed by atoms with Crippen molar-refractivity contribution >= 4 is 56.9 Å². The van der Waals surface area contributed by atoms with Gasteiger partial charge in [-0.1, -0.05) is 36.2 Å². The number of thiophene rings is 1. The van der Waals surface area contributed by atoms with E-state index in [1.807, 2.05) is 37.4 Å². The molecular weight excluding hydrogens is 464 g/mol. The Balaban J connectivity index is 1.47. The lowest BCUT2D eigenvalue weighted by Gasteiger charge is -2.10. The standard InChI is InChI=1S/C23H25ClN4O2S2/c1-2-30-22(29)20-17-9-4-3-5-11-19(17)32-21(20)27-23(31)26-16-12-25-28(14-16)13-15-8-6-7-10-18(15)24/h6-8,10,12,14H,2-5,9,11,13H2,1H3,(H2,26,27,31). The molecule has 0 spiro atoms. The molecule has 0 fully saturated rings. The molecule has 2 aromatic heterocycles. The summed E-state index contributed by atoms with van der Waals surface area (Å²) < 4.78 is 7.14. The number of anilines is 2. The van der Waals surface area contributed by atoms with Crippen LogP contribution in [-0.2, 0) is 24.1 Å². The minimum absolute atomic E-state index is 0.287. The predicted octanol–water partition coefficient (Wildman–Crippen LogP) is 5.90. The number of esters is 1. The summed E-state index contributed by atoms with van der Waals surface area (Å²) in [4.78, 5) is 14.0. The van der Waals surface area contributed by atoms with Crippen LogP contribution in [0.2, 0.25) is 5.02 Å². The van der Waals surface area contributed by atoms with E-state index < -0.39 is 0 Å². The molecular formula is C23H25ClN4O2S2. The van der Waals surface area contributed by atoms with Gasteiger partial charge in [-0.05, 0) is 62.0 Å². The van der Waals surface area contributed by atoms with Crippen LogP contribution in [0.3, 0.4) is 0 Å². The molecule has 0 atom stereocenters. The van der Waals surface area contributed by atoms with E-state index >= 15 is 0 Å². The number of nitrogens with zero attached hydrogens (tertiary/aromatic N) is 2. The summed E-state index contributed by atoms with van der Waals surface area (Å²) in [6.45, 7) is 2.73. The van der Waals surface area contributed by atoms with E-state index in [0.29, 0.717) is 28.9 Å². The molecule has 1 aromatic carbocycles. The molecule has 2 heterocycles. The Morgan fingerprint density at radius 2 is 2.06 bits per heavy atom. The third kappa shape index (κ3) is 5.31. The monoisotopic (exact) mass is 488 g/mol. The number of aryl methyl sites for hydroxylation is 1. The first-order valence-corrected chi connectivity index (χ1v) is 12.3. The Morgan fingerprint density at radius 3 is 2.88 bits per heavy atom. The highest BCUT2D eigenvalue weighted by Gasteiger charge is 2.26. The second-order valence-corrected chi connectivity index (χ2v) is 9.51.